The quantitative estimate of drug-likeness (QED) is 0.361. The first-order valence-corrected chi connectivity index (χ1v) is 9.88. The van der Waals surface area contributed by atoms with Crippen molar-refractivity contribution in [1.29, 1.82) is 0 Å². The summed E-state index contributed by atoms with van der Waals surface area (Å²) in [5.41, 5.74) is 3.13. The van der Waals surface area contributed by atoms with Gasteiger partial charge in [-0.25, -0.2) is 14.3 Å². The van der Waals surface area contributed by atoms with Crippen LogP contribution in [-0.4, -0.2) is 23.7 Å². The van der Waals surface area contributed by atoms with Crippen molar-refractivity contribution in [3.63, 3.8) is 0 Å². The third-order valence-corrected chi connectivity index (χ3v) is 4.64. The summed E-state index contributed by atoms with van der Waals surface area (Å²) in [5, 5.41) is 12.6. The molecule has 0 spiro atoms. The van der Waals surface area contributed by atoms with Gasteiger partial charge in [0, 0.05) is 9.26 Å². The van der Waals surface area contributed by atoms with E-state index in [1.54, 1.807) is 6.07 Å². The van der Waals surface area contributed by atoms with Crippen LogP contribution in [0.15, 0.2) is 30.3 Å². The number of carbonyl (C=O) groups is 1. The zero-order valence-corrected chi connectivity index (χ0v) is 18.0. The van der Waals surface area contributed by atoms with Crippen LogP contribution in [-0.2, 0) is 4.84 Å². The van der Waals surface area contributed by atoms with Gasteiger partial charge in [-0.1, -0.05) is 13.8 Å². The summed E-state index contributed by atoms with van der Waals surface area (Å²) < 4.78 is 29.2. The summed E-state index contributed by atoms with van der Waals surface area (Å²) in [6.45, 7) is 5.62. The summed E-state index contributed by atoms with van der Waals surface area (Å²) in [6.07, 6.45) is -0.225. The van der Waals surface area contributed by atoms with Crippen LogP contribution in [0.25, 0.3) is 0 Å². The minimum atomic E-state index is -1.16. The van der Waals surface area contributed by atoms with Crippen LogP contribution in [0.5, 0.6) is 0 Å². The Labute approximate surface area is 176 Å². The number of amides is 1. The number of hydrogen-bond donors (Lipinski definition) is 3. The molecule has 5 nitrogen and oxygen atoms in total. The van der Waals surface area contributed by atoms with Crippen LogP contribution in [0.4, 0.5) is 20.2 Å². The fourth-order valence-electron chi connectivity index (χ4n) is 2.63. The van der Waals surface area contributed by atoms with E-state index in [4.69, 9.17) is 4.84 Å². The van der Waals surface area contributed by atoms with E-state index in [2.05, 4.69) is 33.4 Å². The minimum Gasteiger partial charge on any atom is -0.391 e. The number of rotatable bonds is 8. The highest BCUT2D eigenvalue weighted by Crippen LogP contribution is 2.28. The standard InChI is InChI=1S/C20H23F2IN2O3/c1-11(2)8-14(26)10-28-25-20(27)15-5-6-16(21)18(22)19(15)24-17-7-4-13(23)9-12(17)3/h4-7,9,11,14,24,26H,8,10H2,1-3H3,(H,25,27). The third kappa shape index (κ3) is 6.11. The lowest BCUT2D eigenvalue weighted by atomic mass is 10.1. The fourth-order valence-corrected chi connectivity index (χ4v) is 3.28. The predicted octanol–water partition coefficient (Wildman–Crippen LogP) is 4.69. The van der Waals surface area contributed by atoms with Gasteiger partial charge in [0.15, 0.2) is 11.6 Å². The molecular weight excluding hydrogens is 481 g/mol. The van der Waals surface area contributed by atoms with Crippen molar-refractivity contribution in [3.05, 3.63) is 56.7 Å². The van der Waals surface area contributed by atoms with Crippen LogP contribution in [0.1, 0.15) is 36.2 Å². The molecule has 2 aromatic carbocycles. The normalized spacial score (nSPS) is 12.1. The van der Waals surface area contributed by atoms with Crippen LogP contribution < -0.4 is 10.8 Å². The second-order valence-electron chi connectivity index (χ2n) is 6.89. The molecule has 0 saturated carbocycles. The maximum atomic E-state index is 14.4. The first kappa shape index (κ1) is 22.5. The average Bonchev–Trinajstić information content (AvgIpc) is 2.60. The van der Waals surface area contributed by atoms with Crippen molar-refractivity contribution < 1.29 is 23.5 Å². The van der Waals surface area contributed by atoms with E-state index in [-0.39, 0.29) is 23.8 Å². The zero-order chi connectivity index (χ0) is 20.8. The molecule has 2 rings (SSSR count). The van der Waals surface area contributed by atoms with E-state index < -0.39 is 23.6 Å². The molecule has 0 radical (unpaired) electrons. The molecule has 0 fully saturated rings. The van der Waals surface area contributed by atoms with E-state index in [9.17, 15) is 18.7 Å². The molecule has 0 heterocycles. The Morgan fingerprint density at radius 1 is 1.25 bits per heavy atom. The number of aliphatic hydroxyl groups is 1. The molecule has 0 aliphatic carbocycles. The molecule has 3 N–H and O–H groups in total. The lowest BCUT2D eigenvalue weighted by Gasteiger charge is -2.16. The van der Waals surface area contributed by atoms with Gasteiger partial charge in [0.1, 0.15) is 6.61 Å². The highest BCUT2D eigenvalue weighted by Gasteiger charge is 2.20. The number of nitrogens with one attached hydrogen (secondary N) is 2. The molecular formula is C20H23F2IN2O3. The molecule has 1 amide bonds. The van der Waals surface area contributed by atoms with Gasteiger partial charge < -0.3 is 10.4 Å². The van der Waals surface area contributed by atoms with Crippen molar-refractivity contribution in [3.8, 4) is 0 Å². The van der Waals surface area contributed by atoms with E-state index in [1.165, 1.54) is 6.07 Å². The van der Waals surface area contributed by atoms with E-state index in [1.807, 2.05) is 32.9 Å². The molecule has 0 aliphatic rings. The van der Waals surface area contributed by atoms with Crippen molar-refractivity contribution in [2.45, 2.75) is 33.3 Å². The Kier molecular flexibility index (Phi) is 8.14. The van der Waals surface area contributed by atoms with Gasteiger partial charge in [-0.2, -0.15) is 0 Å². The van der Waals surface area contributed by atoms with Crippen molar-refractivity contribution >= 4 is 39.9 Å². The van der Waals surface area contributed by atoms with E-state index in [0.29, 0.717) is 12.1 Å². The Hall–Kier alpha value is -1.78. The van der Waals surface area contributed by atoms with E-state index in [0.717, 1.165) is 15.2 Å². The topological polar surface area (TPSA) is 70.6 Å². The molecule has 1 unspecified atom stereocenters. The molecule has 8 heteroatoms. The van der Waals surface area contributed by atoms with E-state index >= 15 is 0 Å². The smallest absolute Gasteiger partial charge is 0.277 e. The molecule has 0 aliphatic heterocycles. The Balaban J connectivity index is 2.18. The lowest BCUT2D eigenvalue weighted by Crippen LogP contribution is -2.29. The zero-order valence-electron chi connectivity index (χ0n) is 15.9. The summed E-state index contributed by atoms with van der Waals surface area (Å²) in [5.74, 6) is -2.71. The predicted molar refractivity (Wildman–Crippen MR) is 112 cm³/mol. The van der Waals surface area contributed by atoms with Gasteiger partial charge in [-0.15, -0.1) is 0 Å². The second kappa shape index (κ2) is 10.1. The highest BCUT2D eigenvalue weighted by molar-refractivity contribution is 14.1. The lowest BCUT2D eigenvalue weighted by molar-refractivity contribution is -0.0181. The van der Waals surface area contributed by atoms with Crippen molar-refractivity contribution in [1.82, 2.24) is 5.48 Å². The SMILES string of the molecule is Cc1cc(I)ccc1Nc1c(C(=O)NOCC(O)CC(C)C)ccc(F)c1F. The number of halogens is 3. The number of carbonyl (C=O) groups excluding carboxylic acids is 1. The number of aliphatic hydroxyl groups excluding tert-OH is 1. The minimum absolute atomic E-state index is 0.105. The number of benzene rings is 2. The Bertz CT molecular complexity index is 846. The van der Waals surface area contributed by atoms with Gasteiger partial charge >= 0.3 is 0 Å². The second-order valence-corrected chi connectivity index (χ2v) is 8.14. The Morgan fingerprint density at radius 2 is 1.96 bits per heavy atom. The van der Waals surface area contributed by atoms with Crippen LogP contribution >= 0.6 is 22.6 Å². The van der Waals surface area contributed by atoms with Crippen molar-refractivity contribution in [2.75, 3.05) is 11.9 Å². The molecule has 1 atom stereocenters. The van der Waals surface area contributed by atoms with Gasteiger partial charge in [0.25, 0.3) is 5.91 Å². The van der Waals surface area contributed by atoms with Crippen LogP contribution in [0.3, 0.4) is 0 Å². The van der Waals surface area contributed by atoms with Gasteiger partial charge in [0.05, 0.1) is 17.4 Å². The van der Waals surface area contributed by atoms with Crippen LogP contribution in [0.2, 0.25) is 0 Å². The monoisotopic (exact) mass is 504 g/mol. The van der Waals surface area contributed by atoms with Crippen molar-refractivity contribution in [2.24, 2.45) is 5.92 Å². The van der Waals surface area contributed by atoms with Crippen LogP contribution in [0, 0.1) is 28.0 Å². The average molecular weight is 504 g/mol. The van der Waals surface area contributed by atoms with Gasteiger partial charge in [-0.3, -0.25) is 9.63 Å². The van der Waals surface area contributed by atoms with Gasteiger partial charge in [-0.05, 0) is 77.7 Å². The summed E-state index contributed by atoms with van der Waals surface area (Å²) in [7, 11) is 0. The first-order chi connectivity index (χ1) is 13.2. The molecule has 0 aromatic heterocycles. The maximum Gasteiger partial charge on any atom is 0.277 e. The number of aryl methyl sites for hydroxylation is 1. The number of hydroxylamine groups is 1. The maximum absolute atomic E-state index is 14.4. The molecule has 152 valence electrons. The summed E-state index contributed by atoms with van der Waals surface area (Å²) in [4.78, 5) is 17.4. The number of hydrogen-bond acceptors (Lipinski definition) is 4. The summed E-state index contributed by atoms with van der Waals surface area (Å²) >= 11 is 2.15. The first-order valence-electron chi connectivity index (χ1n) is 8.80. The Morgan fingerprint density at radius 3 is 2.61 bits per heavy atom. The largest absolute Gasteiger partial charge is 0.391 e. The number of anilines is 2. The molecule has 0 bridgehead atoms. The third-order valence-electron chi connectivity index (χ3n) is 3.97. The van der Waals surface area contributed by atoms with Gasteiger partial charge in [0.2, 0.25) is 0 Å². The molecule has 2 aromatic rings. The summed E-state index contributed by atoms with van der Waals surface area (Å²) in [6, 6.07) is 7.46. The molecule has 28 heavy (non-hydrogen) atoms. The highest BCUT2D eigenvalue weighted by atomic mass is 127. The fraction of sp³-hybridized carbons (Fsp3) is 0.350. The molecule has 0 saturated heterocycles.